The van der Waals surface area contributed by atoms with Crippen LogP contribution < -0.4 is 10.1 Å². The van der Waals surface area contributed by atoms with Gasteiger partial charge in [-0.2, -0.15) is 0 Å². The lowest BCUT2D eigenvalue weighted by Crippen LogP contribution is -2.51. The first-order valence-electron chi connectivity index (χ1n) is 11.9. The van der Waals surface area contributed by atoms with E-state index in [0.717, 1.165) is 29.8 Å². The van der Waals surface area contributed by atoms with Crippen LogP contribution in [0.1, 0.15) is 66.1 Å². The van der Waals surface area contributed by atoms with Gasteiger partial charge in [-0.15, -0.1) is 11.3 Å². The maximum absolute atomic E-state index is 12.9. The summed E-state index contributed by atoms with van der Waals surface area (Å²) in [4.78, 5) is 13.4. The Labute approximate surface area is 206 Å². The summed E-state index contributed by atoms with van der Waals surface area (Å²) < 4.78 is 18.7. The van der Waals surface area contributed by atoms with Crippen LogP contribution in [0.3, 0.4) is 0 Å². The molecular formula is C28H33NO4S. The van der Waals surface area contributed by atoms with Crippen LogP contribution in [0.15, 0.2) is 60.0 Å². The maximum Gasteiger partial charge on any atom is 0.348 e. The lowest BCUT2D eigenvalue weighted by Gasteiger charge is -2.43. The Kier molecular flexibility index (Phi) is 7.59. The fraction of sp³-hybridized carbons (Fsp3) is 0.393. The van der Waals surface area contributed by atoms with Crippen molar-refractivity contribution in [3.05, 3.63) is 81.5 Å². The van der Waals surface area contributed by atoms with E-state index in [1.807, 2.05) is 37.4 Å². The Morgan fingerprint density at radius 1 is 1.15 bits per heavy atom. The number of carbonyl (C=O) groups is 1. The van der Waals surface area contributed by atoms with Crippen molar-refractivity contribution >= 4 is 23.0 Å². The summed E-state index contributed by atoms with van der Waals surface area (Å²) in [5, 5.41) is 5.37. The van der Waals surface area contributed by atoms with Crippen molar-refractivity contribution in [3.8, 4) is 5.75 Å². The molecule has 0 spiro atoms. The summed E-state index contributed by atoms with van der Waals surface area (Å²) >= 11 is 1.37. The summed E-state index contributed by atoms with van der Waals surface area (Å²) in [5.41, 5.74) is 3.57. The van der Waals surface area contributed by atoms with Crippen molar-refractivity contribution in [1.82, 2.24) is 0 Å². The summed E-state index contributed by atoms with van der Waals surface area (Å²) in [6.07, 6.45) is 0.954. The molecule has 5 nitrogen and oxygen atoms in total. The Morgan fingerprint density at radius 3 is 2.65 bits per heavy atom. The normalized spacial score (nSPS) is 18.6. The molecule has 1 aliphatic heterocycles. The molecule has 2 heterocycles. The third-order valence-corrected chi connectivity index (χ3v) is 6.87. The van der Waals surface area contributed by atoms with Crippen molar-refractivity contribution in [3.63, 3.8) is 0 Å². The van der Waals surface area contributed by atoms with Gasteiger partial charge in [0.1, 0.15) is 22.3 Å². The number of fused-ring (bicyclic) bond motifs is 1. The fourth-order valence-corrected chi connectivity index (χ4v) is 4.66. The van der Waals surface area contributed by atoms with E-state index in [-0.39, 0.29) is 5.97 Å². The molecule has 6 heteroatoms. The first kappa shape index (κ1) is 24.3. The molecular weight excluding hydrogens is 446 g/mol. The average molecular weight is 480 g/mol. The lowest BCUT2D eigenvalue weighted by atomic mass is 9.87. The number of aryl methyl sites for hydroxylation is 1. The molecule has 1 N–H and O–H groups in total. The van der Waals surface area contributed by atoms with Crippen LogP contribution in [0.25, 0.3) is 0 Å². The standard InChI is InChI=1S/C28H33NO4S/c1-5-6-15-31-25-22-17-21(29-18-20-11-9-19(2)10-12-20)13-14-23(22)33-28(3,4)26(25)32-27(30)24-8-7-16-34-24/h7-14,16-17,25-26,29H,5-6,15,18H2,1-4H3. The van der Waals surface area contributed by atoms with Crippen LogP contribution in [0.2, 0.25) is 0 Å². The molecule has 0 amide bonds. The predicted octanol–water partition coefficient (Wildman–Crippen LogP) is 6.92. The van der Waals surface area contributed by atoms with Crippen molar-refractivity contribution in [2.45, 2.75) is 64.9 Å². The summed E-state index contributed by atoms with van der Waals surface area (Å²) in [6.45, 7) is 9.41. The number of unbranched alkanes of at least 4 members (excludes halogenated alkanes) is 1. The van der Waals surface area contributed by atoms with Crippen LogP contribution in [0.5, 0.6) is 5.75 Å². The summed E-state index contributed by atoms with van der Waals surface area (Å²) in [5.74, 6) is 0.411. The molecule has 0 bridgehead atoms. The van der Waals surface area contributed by atoms with Crippen LogP contribution in [-0.4, -0.2) is 24.3 Å². The smallest absolute Gasteiger partial charge is 0.348 e. The number of thiophene rings is 1. The number of hydrogen-bond acceptors (Lipinski definition) is 6. The van der Waals surface area contributed by atoms with Gasteiger partial charge >= 0.3 is 5.97 Å². The van der Waals surface area contributed by atoms with Gasteiger partial charge < -0.3 is 19.5 Å². The van der Waals surface area contributed by atoms with E-state index in [9.17, 15) is 4.79 Å². The zero-order valence-electron chi connectivity index (χ0n) is 20.3. The summed E-state index contributed by atoms with van der Waals surface area (Å²) in [7, 11) is 0. The molecule has 34 heavy (non-hydrogen) atoms. The monoisotopic (exact) mass is 479 g/mol. The SMILES string of the molecule is CCCCOC1c2cc(NCc3ccc(C)cc3)ccc2OC(C)(C)C1OC(=O)c1cccs1. The van der Waals surface area contributed by atoms with E-state index in [2.05, 4.69) is 49.5 Å². The molecule has 0 saturated heterocycles. The van der Waals surface area contributed by atoms with Crippen molar-refractivity contribution in [2.75, 3.05) is 11.9 Å². The lowest BCUT2D eigenvalue weighted by molar-refractivity contribution is -0.139. The molecule has 180 valence electrons. The molecule has 2 unspecified atom stereocenters. The zero-order valence-corrected chi connectivity index (χ0v) is 21.1. The number of hydrogen-bond donors (Lipinski definition) is 1. The number of rotatable bonds is 9. The number of anilines is 1. The number of esters is 1. The van der Waals surface area contributed by atoms with Gasteiger partial charge in [-0.1, -0.05) is 49.2 Å². The van der Waals surface area contributed by atoms with Crippen molar-refractivity contribution in [2.24, 2.45) is 0 Å². The van der Waals surface area contributed by atoms with E-state index in [0.29, 0.717) is 18.0 Å². The van der Waals surface area contributed by atoms with E-state index >= 15 is 0 Å². The molecule has 1 aromatic heterocycles. The van der Waals surface area contributed by atoms with Gasteiger partial charge in [0.2, 0.25) is 0 Å². The average Bonchev–Trinajstić information content (AvgIpc) is 3.36. The Morgan fingerprint density at radius 2 is 1.94 bits per heavy atom. The van der Waals surface area contributed by atoms with Crippen molar-refractivity contribution < 1.29 is 19.0 Å². The molecule has 0 radical (unpaired) electrons. The van der Waals surface area contributed by atoms with E-state index < -0.39 is 17.8 Å². The second-order valence-electron chi connectivity index (χ2n) is 9.25. The Balaban J connectivity index is 1.60. The highest BCUT2D eigenvalue weighted by Crippen LogP contribution is 2.44. The minimum Gasteiger partial charge on any atom is -0.483 e. The zero-order chi connectivity index (χ0) is 24.1. The van der Waals surface area contributed by atoms with E-state index in [4.69, 9.17) is 14.2 Å². The topological polar surface area (TPSA) is 56.8 Å². The molecule has 3 aromatic rings. The van der Waals surface area contributed by atoms with E-state index in [1.54, 1.807) is 6.07 Å². The number of carbonyl (C=O) groups excluding carboxylic acids is 1. The molecule has 0 saturated carbocycles. The molecule has 2 atom stereocenters. The highest BCUT2D eigenvalue weighted by atomic mass is 32.1. The molecule has 4 rings (SSSR count). The van der Waals surface area contributed by atoms with Crippen LogP contribution in [0.4, 0.5) is 5.69 Å². The van der Waals surface area contributed by atoms with Gasteiger partial charge in [-0.25, -0.2) is 4.79 Å². The second kappa shape index (κ2) is 10.6. The number of nitrogens with one attached hydrogen (secondary N) is 1. The highest BCUT2D eigenvalue weighted by Gasteiger charge is 2.47. The molecule has 2 aromatic carbocycles. The molecule has 1 aliphatic rings. The third kappa shape index (κ3) is 5.62. The number of ether oxygens (including phenoxy) is 3. The highest BCUT2D eigenvalue weighted by molar-refractivity contribution is 7.11. The van der Waals surface area contributed by atoms with Crippen LogP contribution in [-0.2, 0) is 16.0 Å². The second-order valence-corrected chi connectivity index (χ2v) is 10.2. The third-order valence-electron chi connectivity index (χ3n) is 6.02. The van der Waals surface area contributed by atoms with Crippen LogP contribution in [0, 0.1) is 6.92 Å². The van der Waals surface area contributed by atoms with E-state index in [1.165, 1.54) is 22.5 Å². The quantitative estimate of drug-likeness (QED) is 0.267. The fourth-order valence-electron chi connectivity index (χ4n) is 4.06. The number of benzene rings is 2. The van der Waals surface area contributed by atoms with Gasteiger partial charge in [-0.05, 0) is 62.4 Å². The Bertz CT molecular complexity index is 1090. The minimum absolute atomic E-state index is 0.349. The van der Waals surface area contributed by atoms with Gasteiger partial charge in [0, 0.05) is 24.4 Å². The van der Waals surface area contributed by atoms with Gasteiger partial charge in [-0.3, -0.25) is 0 Å². The maximum atomic E-state index is 12.9. The van der Waals surface area contributed by atoms with Gasteiger partial charge in [0.05, 0.1) is 0 Å². The first-order valence-corrected chi connectivity index (χ1v) is 12.7. The minimum atomic E-state index is -0.742. The van der Waals surface area contributed by atoms with Crippen molar-refractivity contribution in [1.29, 1.82) is 0 Å². The Hall–Kier alpha value is -2.83. The summed E-state index contributed by atoms with van der Waals surface area (Å²) in [6, 6.07) is 18.2. The molecule has 0 aliphatic carbocycles. The van der Waals surface area contributed by atoms with Crippen LogP contribution >= 0.6 is 11.3 Å². The predicted molar refractivity (Wildman–Crippen MR) is 137 cm³/mol. The van der Waals surface area contributed by atoms with Gasteiger partial charge in [0.15, 0.2) is 6.10 Å². The largest absolute Gasteiger partial charge is 0.483 e. The van der Waals surface area contributed by atoms with Gasteiger partial charge in [0.25, 0.3) is 0 Å². The molecule has 0 fully saturated rings. The first-order chi connectivity index (χ1) is 16.4.